The minimum Gasteiger partial charge on any atom is -0.465 e. The maximum atomic E-state index is 11.7. The number of nitrogens with zero attached hydrogens (tertiary/aromatic N) is 1. The van der Waals surface area contributed by atoms with Crippen molar-refractivity contribution in [2.24, 2.45) is 0 Å². The van der Waals surface area contributed by atoms with Crippen molar-refractivity contribution in [1.29, 1.82) is 0 Å². The Morgan fingerprint density at radius 3 is 2.65 bits per heavy atom. The summed E-state index contributed by atoms with van der Waals surface area (Å²) in [7, 11) is 0. The van der Waals surface area contributed by atoms with E-state index in [-0.39, 0.29) is 18.4 Å². The SMILES string of the molecule is O=C(O)NC1CC(=O)N(c2ccc(Cl)cc2)C1. The van der Waals surface area contributed by atoms with Gasteiger partial charge in [-0.3, -0.25) is 4.79 Å². The summed E-state index contributed by atoms with van der Waals surface area (Å²) in [5.41, 5.74) is 0.731. The van der Waals surface area contributed by atoms with Gasteiger partial charge in [-0.15, -0.1) is 0 Å². The van der Waals surface area contributed by atoms with Crippen LogP contribution in [0.4, 0.5) is 10.5 Å². The number of carbonyl (C=O) groups is 2. The van der Waals surface area contributed by atoms with Gasteiger partial charge in [-0.25, -0.2) is 4.79 Å². The molecule has 2 rings (SSSR count). The lowest BCUT2D eigenvalue weighted by Gasteiger charge is -2.16. The van der Waals surface area contributed by atoms with Crippen LogP contribution in [0.1, 0.15) is 6.42 Å². The third kappa shape index (κ3) is 2.68. The van der Waals surface area contributed by atoms with Gasteiger partial charge in [0.1, 0.15) is 0 Å². The number of carboxylic acid groups (broad SMARTS) is 1. The number of anilines is 1. The highest BCUT2D eigenvalue weighted by molar-refractivity contribution is 6.30. The number of nitrogens with one attached hydrogen (secondary N) is 1. The molecule has 17 heavy (non-hydrogen) atoms. The Labute approximate surface area is 103 Å². The van der Waals surface area contributed by atoms with E-state index in [1.165, 1.54) is 0 Å². The third-order valence-corrected chi connectivity index (χ3v) is 2.84. The van der Waals surface area contributed by atoms with Crippen LogP contribution in [-0.4, -0.2) is 29.7 Å². The Kier molecular flexibility index (Phi) is 3.19. The molecule has 1 aliphatic heterocycles. The predicted molar refractivity (Wildman–Crippen MR) is 63.4 cm³/mol. The zero-order chi connectivity index (χ0) is 12.4. The van der Waals surface area contributed by atoms with Crippen molar-refractivity contribution < 1.29 is 14.7 Å². The Morgan fingerprint density at radius 2 is 2.06 bits per heavy atom. The molecule has 1 aromatic rings. The molecule has 1 aliphatic rings. The molecular weight excluding hydrogens is 244 g/mol. The zero-order valence-corrected chi connectivity index (χ0v) is 9.65. The maximum absolute atomic E-state index is 11.7. The molecule has 1 fully saturated rings. The van der Waals surface area contributed by atoms with Crippen molar-refractivity contribution in [2.75, 3.05) is 11.4 Å². The van der Waals surface area contributed by atoms with Gasteiger partial charge in [0, 0.05) is 23.7 Å². The number of carbonyl (C=O) groups excluding carboxylic acids is 1. The molecule has 1 heterocycles. The molecule has 0 spiro atoms. The van der Waals surface area contributed by atoms with Crippen LogP contribution in [-0.2, 0) is 4.79 Å². The first-order chi connectivity index (χ1) is 8.06. The first-order valence-corrected chi connectivity index (χ1v) is 5.49. The summed E-state index contributed by atoms with van der Waals surface area (Å²) in [5, 5.41) is 11.5. The Hall–Kier alpha value is -1.75. The van der Waals surface area contributed by atoms with E-state index in [1.807, 2.05) is 0 Å². The van der Waals surface area contributed by atoms with Crippen molar-refractivity contribution >= 4 is 29.3 Å². The summed E-state index contributed by atoms with van der Waals surface area (Å²) in [6.45, 7) is 0.354. The molecule has 0 aliphatic carbocycles. The highest BCUT2D eigenvalue weighted by Crippen LogP contribution is 2.23. The van der Waals surface area contributed by atoms with Crippen molar-refractivity contribution in [3.05, 3.63) is 29.3 Å². The van der Waals surface area contributed by atoms with Gasteiger partial charge < -0.3 is 15.3 Å². The average Bonchev–Trinajstić information content (AvgIpc) is 2.59. The molecule has 1 atom stereocenters. The van der Waals surface area contributed by atoms with Crippen LogP contribution in [0.25, 0.3) is 0 Å². The fourth-order valence-electron chi connectivity index (χ4n) is 1.85. The van der Waals surface area contributed by atoms with Crippen LogP contribution in [0.2, 0.25) is 5.02 Å². The minimum absolute atomic E-state index is 0.0916. The lowest BCUT2D eigenvalue weighted by molar-refractivity contribution is -0.117. The normalized spacial score (nSPS) is 19.5. The van der Waals surface area contributed by atoms with Crippen LogP contribution in [0.3, 0.4) is 0 Å². The molecule has 2 amide bonds. The molecule has 1 saturated heterocycles. The average molecular weight is 255 g/mol. The summed E-state index contributed by atoms with van der Waals surface area (Å²) in [6, 6.07) is 6.52. The Bertz CT molecular complexity index is 447. The van der Waals surface area contributed by atoms with Gasteiger partial charge in [0.2, 0.25) is 5.91 Å². The van der Waals surface area contributed by atoms with Crippen molar-refractivity contribution in [2.45, 2.75) is 12.5 Å². The first kappa shape index (κ1) is 11.7. The predicted octanol–water partition coefficient (Wildman–Crippen LogP) is 1.71. The van der Waals surface area contributed by atoms with Gasteiger partial charge in [-0.2, -0.15) is 0 Å². The highest BCUT2D eigenvalue weighted by Gasteiger charge is 2.31. The van der Waals surface area contributed by atoms with E-state index in [0.29, 0.717) is 11.6 Å². The Balaban J connectivity index is 2.10. The van der Waals surface area contributed by atoms with E-state index < -0.39 is 6.09 Å². The monoisotopic (exact) mass is 254 g/mol. The molecule has 5 nitrogen and oxygen atoms in total. The molecule has 0 bridgehead atoms. The standard InChI is InChI=1S/C11H11ClN2O3/c12-7-1-3-9(4-2-7)14-6-8(5-10(14)15)13-11(16)17/h1-4,8,13H,5-6H2,(H,16,17). The molecule has 2 N–H and O–H groups in total. The van der Waals surface area contributed by atoms with Gasteiger partial charge in [0.25, 0.3) is 0 Å². The van der Waals surface area contributed by atoms with Gasteiger partial charge in [-0.1, -0.05) is 11.6 Å². The van der Waals surface area contributed by atoms with Crippen LogP contribution >= 0.6 is 11.6 Å². The third-order valence-electron chi connectivity index (χ3n) is 2.59. The van der Waals surface area contributed by atoms with E-state index in [0.717, 1.165) is 5.69 Å². The topological polar surface area (TPSA) is 69.6 Å². The second kappa shape index (κ2) is 4.63. The van der Waals surface area contributed by atoms with Crippen molar-refractivity contribution in [1.82, 2.24) is 5.32 Å². The van der Waals surface area contributed by atoms with Crippen molar-refractivity contribution in [3.63, 3.8) is 0 Å². The van der Waals surface area contributed by atoms with Gasteiger partial charge >= 0.3 is 6.09 Å². The summed E-state index contributed by atoms with van der Waals surface area (Å²) in [4.78, 5) is 23.8. The molecule has 1 aromatic carbocycles. The van der Waals surface area contributed by atoms with Gasteiger partial charge in [0.05, 0.1) is 6.04 Å². The summed E-state index contributed by atoms with van der Waals surface area (Å²) < 4.78 is 0. The Morgan fingerprint density at radius 1 is 1.41 bits per heavy atom. The quantitative estimate of drug-likeness (QED) is 0.844. The molecule has 0 radical (unpaired) electrons. The van der Waals surface area contributed by atoms with E-state index in [4.69, 9.17) is 16.7 Å². The molecule has 1 unspecified atom stereocenters. The van der Waals surface area contributed by atoms with Crippen LogP contribution in [0.5, 0.6) is 0 Å². The highest BCUT2D eigenvalue weighted by atomic mass is 35.5. The summed E-state index contributed by atoms with van der Waals surface area (Å²) in [6.07, 6.45) is -0.921. The van der Waals surface area contributed by atoms with Gasteiger partial charge in [0.15, 0.2) is 0 Å². The number of benzene rings is 1. The van der Waals surface area contributed by atoms with E-state index in [2.05, 4.69) is 5.32 Å². The number of rotatable bonds is 2. The number of hydrogen-bond acceptors (Lipinski definition) is 2. The van der Waals surface area contributed by atoms with E-state index in [1.54, 1.807) is 29.2 Å². The number of halogens is 1. The lowest BCUT2D eigenvalue weighted by atomic mass is 10.3. The van der Waals surface area contributed by atoms with Crippen molar-refractivity contribution in [3.8, 4) is 0 Å². The molecule has 0 aromatic heterocycles. The largest absolute Gasteiger partial charge is 0.465 e. The maximum Gasteiger partial charge on any atom is 0.404 e. The molecular formula is C11H11ClN2O3. The minimum atomic E-state index is -1.11. The second-order valence-electron chi connectivity index (χ2n) is 3.83. The first-order valence-electron chi connectivity index (χ1n) is 5.11. The number of hydrogen-bond donors (Lipinski definition) is 2. The summed E-state index contributed by atoms with van der Waals surface area (Å²) in [5.74, 6) is -0.0916. The summed E-state index contributed by atoms with van der Waals surface area (Å²) >= 11 is 5.76. The van der Waals surface area contributed by atoms with Crippen LogP contribution < -0.4 is 10.2 Å². The molecule has 0 saturated carbocycles. The molecule has 6 heteroatoms. The fraction of sp³-hybridized carbons (Fsp3) is 0.273. The van der Waals surface area contributed by atoms with Crippen LogP contribution in [0, 0.1) is 0 Å². The zero-order valence-electron chi connectivity index (χ0n) is 8.89. The smallest absolute Gasteiger partial charge is 0.404 e. The second-order valence-corrected chi connectivity index (χ2v) is 4.27. The molecule has 90 valence electrons. The number of amides is 2. The van der Waals surface area contributed by atoms with E-state index in [9.17, 15) is 9.59 Å². The van der Waals surface area contributed by atoms with Gasteiger partial charge in [-0.05, 0) is 24.3 Å². The lowest BCUT2D eigenvalue weighted by Crippen LogP contribution is -2.36. The van der Waals surface area contributed by atoms with Crippen LogP contribution in [0.15, 0.2) is 24.3 Å². The van der Waals surface area contributed by atoms with E-state index >= 15 is 0 Å². The fourth-order valence-corrected chi connectivity index (χ4v) is 1.98.